The topological polar surface area (TPSA) is 84.9 Å². The number of rotatable bonds is 23. The Bertz CT molecular complexity index is 548. The van der Waals surface area contributed by atoms with Crippen LogP contribution in [0.4, 0.5) is 0 Å². The highest BCUT2D eigenvalue weighted by Crippen LogP contribution is 2.37. The lowest BCUT2D eigenvalue weighted by Gasteiger charge is -2.27. The van der Waals surface area contributed by atoms with Gasteiger partial charge in [0.2, 0.25) is 0 Å². The first kappa shape index (κ1) is 32.3. The average Bonchev–Trinajstić information content (AvgIpc) is 2.73. The van der Waals surface area contributed by atoms with Crippen molar-refractivity contribution in [1.82, 2.24) is 0 Å². The minimum absolute atomic E-state index is 0.0551. The molecule has 0 aliphatic rings. The molecule has 0 aromatic rings. The number of ether oxygens (including phenoxy) is 1. The Morgan fingerprint density at radius 1 is 0.788 bits per heavy atom. The second-order valence-corrected chi connectivity index (χ2v) is 11.1. The van der Waals surface area contributed by atoms with Gasteiger partial charge >= 0.3 is 5.97 Å². The summed E-state index contributed by atoms with van der Waals surface area (Å²) in [6, 6.07) is 0. The summed E-state index contributed by atoms with van der Waals surface area (Å²) >= 11 is 0. The molecule has 196 valence electrons. The fourth-order valence-corrected chi connectivity index (χ4v) is 3.86. The minimum Gasteiger partial charge on any atom is -0.756 e. The van der Waals surface area contributed by atoms with Gasteiger partial charge in [0.05, 0.1) is 27.7 Å². The molecule has 0 saturated carbocycles. The third kappa shape index (κ3) is 25.7. The summed E-state index contributed by atoms with van der Waals surface area (Å²) < 4.78 is 26.7. The monoisotopic (exact) mass is 491 g/mol. The van der Waals surface area contributed by atoms with E-state index in [1.807, 2.05) is 21.1 Å². The van der Waals surface area contributed by atoms with Gasteiger partial charge in [-0.1, -0.05) is 70.4 Å². The highest BCUT2D eigenvalue weighted by Gasteiger charge is 2.13. The van der Waals surface area contributed by atoms with E-state index in [0.29, 0.717) is 17.4 Å². The summed E-state index contributed by atoms with van der Waals surface area (Å²) in [5.74, 6) is -0.317. The first-order chi connectivity index (χ1) is 15.7. The lowest BCUT2D eigenvalue weighted by Crippen LogP contribution is -2.37. The lowest BCUT2D eigenvalue weighted by atomic mass is 10.1. The zero-order valence-corrected chi connectivity index (χ0v) is 22.6. The molecule has 1 atom stereocenters. The van der Waals surface area contributed by atoms with Gasteiger partial charge in [-0.2, -0.15) is 0 Å². The molecule has 0 saturated heterocycles. The Morgan fingerprint density at radius 2 is 1.30 bits per heavy atom. The predicted octanol–water partition coefficient (Wildman–Crippen LogP) is 5.77. The number of hydrogen-bond donors (Lipinski definition) is 0. The molecule has 7 nitrogen and oxygen atoms in total. The molecule has 0 aromatic heterocycles. The van der Waals surface area contributed by atoms with Crippen molar-refractivity contribution in [2.45, 2.75) is 96.8 Å². The maximum Gasteiger partial charge on any atom is 0.305 e. The molecule has 8 heteroatoms. The van der Waals surface area contributed by atoms with Crippen molar-refractivity contribution in [1.29, 1.82) is 0 Å². The number of esters is 1. The van der Waals surface area contributed by atoms with Gasteiger partial charge in [-0.15, -0.1) is 0 Å². The van der Waals surface area contributed by atoms with Crippen LogP contribution in [0.3, 0.4) is 0 Å². The van der Waals surface area contributed by atoms with Crippen molar-refractivity contribution in [2.75, 3.05) is 47.5 Å². The molecule has 0 spiro atoms. The van der Waals surface area contributed by atoms with Crippen LogP contribution < -0.4 is 4.89 Å². The molecule has 0 amide bonds. The highest BCUT2D eigenvalue weighted by atomic mass is 31.2. The van der Waals surface area contributed by atoms with Crippen LogP contribution >= 0.6 is 7.82 Å². The van der Waals surface area contributed by atoms with Gasteiger partial charge in [0, 0.05) is 6.42 Å². The van der Waals surface area contributed by atoms with E-state index in [0.717, 1.165) is 25.7 Å². The van der Waals surface area contributed by atoms with Crippen LogP contribution in [0.2, 0.25) is 0 Å². The molecule has 0 heterocycles. The number of phosphoric ester groups is 1. The molecular weight excluding hydrogens is 441 g/mol. The normalized spacial score (nSPS) is 14.0. The number of unbranched alkanes of at least 4 members (excludes halogenated alkanes) is 11. The van der Waals surface area contributed by atoms with Crippen LogP contribution in [-0.4, -0.2) is 58.0 Å². The molecule has 0 radical (unpaired) electrons. The largest absolute Gasteiger partial charge is 0.756 e. The van der Waals surface area contributed by atoms with Crippen molar-refractivity contribution in [3.8, 4) is 0 Å². The number of nitrogens with zero attached hydrogens (tertiary/aromatic N) is 1. The van der Waals surface area contributed by atoms with Gasteiger partial charge in [0.1, 0.15) is 19.8 Å². The van der Waals surface area contributed by atoms with Gasteiger partial charge in [0.25, 0.3) is 7.82 Å². The molecule has 0 bridgehead atoms. The summed E-state index contributed by atoms with van der Waals surface area (Å²) in [4.78, 5) is 23.3. The van der Waals surface area contributed by atoms with E-state index in [-0.39, 0.29) is 25.8 Å². The van der Waals surface area contributed by atoms with Crippen molar-refractivity contribution >= 4 is 13.8 Å². The lowest BCUT2D eigenvalue weighted by molar-refractivity contribution is -0.870. The van der Waals surface area contributed by atoms with Gasteiger partial charge < -0.3 is 23.2 Å². The van der Waals surface area contributed by atoms with E-state index >= 15 is 0 Å². The van der Waals surface area contributed by atoms with Crippen LogP contribution in [0, 0.1) is 0 Å². The predicted molar refractivity (Wildman–Crippen MR) is 133 cm³/mol. The van der Waals surface area contributed by atoms with Gasteiger partial charge in [-0.05, 0) is 32.1 Å². The van der Waals surface area contributed by atoms with Crippen LogP contribution in [0.15, 0.2) is 12.2 Å². The van der Waals surface area contributed by atoms with Gasteiger partial charge in [-0.3, -0.25) is 9.36 Å². The molecule has 33 heavy (non-hydrogen) atoms. The zero-order valence-electron chi connectivity index (χ0n) is 21.7. The fraction of sp³-hybridized carbons (Fsp3) is 0.880. The molecule has 1 unspecified atom stereocenters. The average molecular weight is 492 g/mol. The Morgan fingerprint density at radius 3 is 1.88 bits per heavy atom. The van der Waals surface area contributed by atoms with E-state index in [1.54, 1.807) is 0 Å². The second-order valence-electron chi connectivity index (χ2n) is 9.68. The van der Waals surface area contributed by atoms with Gasteiger partial charge in [0.15, 0.2) is 0 Å². The third-order valence-corrected chi connectivity index (χ3v) is 6.25. The number of allylic oxidation sites excluding steroid dienone is 2. The molecule has 0 N–H and O–H groups in total. The number of quaternary nitrogens is 1. The minimum atomic E-state index is -4.35. The summed E-state index contributed by atoms with van der Waals surface area (Å²) in [6.45, 7) is 2.54. The summed E-state index contributed by atoms with van der Waals surface area (Å²) in [5.41, 5.74) is 0. The molecule has 0 aliphatic carbocycles. The smallest absolute Gasteiger partial charge is 0.305 e. The van der Waals surface area contributed by atoms with E-state index in [4.69, 9.17) is 13.8 Å². The van der Waals surface area contributed by atoms with Crippen molar-refractivity contribution in [2.24, 2.45) is 0 Å². The van der Waals surface area contributed by atoms with E-state index in [1.165, 1.54) is 57.8 Å². The maximum atomic E-state index is 11.7. The van der Waals surface area contributed by atoms with Gasteiger partial charge in [-0.25, -0.2) is 0 Å². The van der Waals surface area contributed by atoms with Crippen LogP contribution in [0.1, 0.15) is 96.8 Å². The fourth-order valence-electron chi connectivity index (χ4n) is 3.18. The number of likely N-dealkylation sites (N-methyl/N-ethyl adjacent to an activating group) is 1. The molecule has 0 aliphatic heterocycles. The van der Waals surface area contributed by atoms with Crippen LogP contribution in [0.25, 0.3) is 0 Å². The van der Waals surface area contributed by atoms with Crippen LogP contribution in [0.5, 0.6) is 0 Å². The van der Waals surface area contributed by atoms with E-state index in [9.17, 15) is 14.3 Å². The Balaban J connectivity index is 3.47. The number of hydrogen-bond acceptors (Lipinski definition) is 6. The Labute approximate surface area is 203 Å². The van der Waals surface area contributed by atoms with Crippen molar-refractivity contribution in [3.05, 3.63) is 12.2 Å². The number of phosphoric acid groups is 1. The summed E-state index contributed by atoms with van der Waals surface area (Å²) in [5, 5.41) is 0. The Hall–Kier alpha value is -0.720. The number of carbonyl (C=O) groups is 1. The molecular formula is C25H50NO6P. The Kier molecular flexibility index (Phi) is 20.2. The quantitative estimate of drug-likeness (QED) is 0.0593. The van der Waals surface area contributed by atoms with Crippen LogP contribution in [-0.2, 0) is 23.1 Å². The van der Waals surface area contributed by atoms with Crippen molar-refractivity contribution < 1.29 is 32.5 Å². The van der Waals surface area contributed by atoms with E-state index in [2.05, 4.69) is 19.1 Å². The number of carbonyl (C=O) groups excluding carboxylic acids is 1. The van der Waals surface area contributed by atoms with Crippen molar-refractivity contribution in [3.63, 3.8) is 0 Å². The zero-order chi connectivity index (χ0) is 24.8. The maximum absolute atomic E-state index is 11.7. The second kappa shape index (κ2) is 20.6. The molecule has 0 fully saturated rings. The third-order valence-electron chi connectivity index (χ3n) is 5.25. The first-order valence-corrected chi connectivity index (χ1v) is 14.3. The molecule has 0 aromatic carbocycles. The SMILES string of the molecule is CCCCCCCC/C=C\CCCCCCCC(=O)OCCOP(=O)([O-])OCC[N+](C)(C)C. The summed E-state index contributed by atoms with van der Waals surface area (Å²) in [6.07, 6.45) is 20.7. The molecule has 0 rings (SSSR count). The first-order valence-electron chi connectivity index (χ1n) is 12.9. The highest BCUT2D eigenvalue weighted by molar-refractivity contribution is 7.45. The summed E-state index contributed by atoms with van der Waals surface area (Å²) in [7, 11) is 1.47. The standard InChI is InChI=1S/C25H50NO6P/c1-5-6-7-8-9-10-11-12-13-14-15-16-17-18-19-20-25(27)30-23-24-32-33(28,29)31-22-21-26(2,3)4/h12-13H,5-11,14-24H2,1-4H3/b13-12-. The van der Waals surface area contributed by atoms with E-state index < -0.39 is 7.82 Å².